The second kappa shape index (κ2) is 42.1. The molecule has 1 aromatic heterocycles. The number of rotatable bonds is 46. The van der Waals surface area contributed by atoms with Crippen LogP contribution in [0.15, 0.2) is 6.08 Å². The SMILES string of the molecule is CCCCCCCCCCCCCCCC(=O)OCC(COC(=O)CCCCCCCCCCCCCCC)OC(=O)CC(C)COC(=O)OC(C)[N+]1(C)CCC=C(c2nsnc2OCCCCCC)C1. The van der Waals surface area contributed by atoms with Gasteiger partial charge in [-0.3, -0.25) is 18.9 Å². The highest BCUT2D eigenvalue weighted by Gasteiger charge is 2.37. The van der Waals surface area contributed by atoms with Gasteiger partial charge in [0, 0.05) is 37.7 Å². The lowest BCUT2D eigenvalue weighted by Gasteiger charge is -2.41. The third kappa shape index (κ3) is 32.5. The molecule has 1 aliphatic heterocycles. The number of hydrogen-bond donors (Lipinski definition) is 0. The fourth-order valence-electron chi connectivity index (χ4n) is 9.01. The van der Waals surface area contributed by atoms with Gasteiger partial charge in [0.15, 0.2) is 6.10 Å². The summed E-state index contributed by atoms with van der Waals surface area (Å²) in [5.41, 5.74) is 1.76. The Morgan fingerprint density at radius 3 is 1.49 bits per heavy atom. The van der Waals surface area contributed by atoms with E-state index in [1.54, 1.807) is 6.92 Å². The zero-order chi connectivity index (χ0) is 51.6. The molecule has 0 saturated heterocycles. The van der Waals surface area contributed by atoms with E-state index < -0.39 is 30.4 Å². The molecule has 3 unspecified atom stereocenters. The van der Waals surface area contributed by atoms with Crippen molar-refractivity contribution in [2.75, 3.05) is 46.6 Å². The largest absolute Gasteiger partial charge is 0.512 e. The molecule has 0 spiro atoms. The summed E-state index contributed by atoms with van der Waals surface area (Å²) in [4.78, 5) is 51.6. The molecular weight excluding hydrogens is 919 g/mol. The second-order valence-electron chi connectivity index (χ2n) is 20.8. The van der Waals surface area contributed by atoms with Crippen molar-refractivity contribution in [2.24, 2.45) is 5.92 Å². The van der Waals surface area contributed by atoms with E-state index in [4.69, 9.17) is 28.4 Å². The molecule has 0 radical (unpaired) electrons. The summed E-state index contributed by atoms with van der Waals surface area (Å²) in [7, 11) is 2.04. The van der Waals surface area contributed by atoms with Crippen LogP contribution in [0.2, 0.25) is 0 Å². The van der Waals surface area contributed by atoms with Crippen LogP contribution in [-0.4, -0.2) is 96.2 Å². The van der Waals surface area contributed by atoms with E-state index in [-0.39, 0.29) is 51.0 Å². The summed E-state index contributed by atoms with van der Waals surface area (Å²) in [6, 6.07) is 0. The summed E-state index contributed by atoms with van der Waals surface area (Å²) in [6.45, 7) is 11.8. The molecule has 2 heterocycles. The van der Waals surface area contributed by atoms with E-state index in [1.165, 1.54) is 135 Å². The normalized spacial score (nSPS) is 15.5. The molecule has 0 bridgehead atoms. The minimum absolute atomic E-state index is 0.0636. The number of nitrogens with zero attached hydrogens (tertiary/aromatic N) is 3. The molecule has 71 heavy (non-hydrogen) atoms. The van der Waals surface area contributed by atoms with Crippen LogP contribution in [0.4, 0.5) is 4.79 Å². The monoisotopic (exact) mass is 1020 g/mol. The van der Waals surface area contributed by atoms with Crippen molar-refractivity contribution in [1.82, 2.24) is 8.75 Å². The number of aromatic nitrogens is 2. The van der Waals surface area contributed by atoms with Crippen molar-refractivity contribution in [2.45, 2.75) is 265 Å². The Labute approximate surface area is 435 Å². The van der Waals surface area contributed by atoms with Gasteiger partial charge in [0.25, 0.3) is 5.88 Å². The molecule has 0 amide bonds. The van der Waals surface area contributed by atoms with Crippen molar-refractivity contribution < 1.29 is 52.1 Å². The lowest BCUT2D eigenvalue weighted by molar-refractivity contribution is -0.944. The van der Waals surface area contributed by atoms with Gasteiger partial charge in [-0.1, -0.05) is 207 Å². The van der Waals surface area contributed by atoms with E-state index >= 15 is 0 Å². The Morgan fingerprint density at radius 1 is 0.563 bits per heavy atom. The topological polar surface area (TPSA) is 149 Å². The first-order valence-corrected chi connectivity index (χ1v) is 29.6. The number of likely N-dealkylation sites (N-methyl/N-ethyl adjacent to an activating group) is 1. The number of carbonyl (C=O) groups is 4. The Hall–Kier alpha value is -3.26. The van der Waals surface area contributed by atoms with Crippen molar-refractivity contribution >= 4 is 41.4 Å². The smallest absolute Gasteiger partial charge is 0.475 e. The minimum Gasteiger partial charge on any atom is -0.475 e. The molecule has 1 aromatic rings. The summed E-state index contributed by atoms with van der Waals surface area (Å²) < 4.78 is 43.5. The number of esters is 3. The molecule has 0 aliphatic carbocycles. The first kappa shape index (κ1) is 63.9. The Kier molecular flexibility index (Phi) is 37.9. The molecule has 2 rings (SSSR count). The van der Waals surface area contributed by atoms with E-state index in [1.807, 2.05) is 14.0 Å². The van der Waals surface area contributed by atoms with Gasteiger partial charge in [-0.05, 0) is 19.3 Å². The van der Waals surface area contributed by atoms with Crippen molar-refractivity contribution in [3.05, 3.63) is 11.8 Å². The van der Waals surface area contributed by atoms with Gasteiger partial charge in [-0.15, -0.1) is 4.37 Å². The summed E-state index contributed by atoms with van der Waals surface area (Å²) in [5.74, 6) is -1.13. The maximum atomic E-state index is 13.2. The predicted octanol–water partition coefficient (Wildman–Crippen LogP) is 15.2. The molecular formula is C57H102N3O10S+. The highest BCUT2D eigenvalue weighted by molar-refractivity contribution is 6.99. The first-order valence-electron chi connectivity index (χ1n) is 28.8. The van der Waals surface area contributed by atoms with Crippen LogP contribution in [-0.2, 0) is 38.1 Å². The van der Waals surface area contributed by atoms with Crippen LogP contribution in [0, 0.1) is 5.92 Å². The quantitative estimate of drug-likeness (QED) is 0.0265. The van der Waals surface area contributed by atoms with Crippen molar-refractivity contribution in [1.29, 1.82) is 0 Å². The Bertz CT molecular complexity index is 1510. The fraction of sp³-hybridized carbons (Fsp3) is 0.860. The van der Waals surface area contributed by atoms with Crippen LogP contribution in [0.5, 0.6) is 5.88 Å². The first-order chi connectivity index (χ1) is 34.5. The molecule has 0 fully saturated rings. The van der Waals surface area contributed by atoms with E-state index in [0.29, 0.717) is 23.5 Å². The number of ether oxygens (including phenoxy) is 6. The molecule has 13 nitrogen and oxygen atoms in total. The summed E-state index contributed by atoms with van der Waals surface area (Å²) >= 11 is 1.13. The Balaban J connectivity index is 1.78. The standard InChI is InChI=1S/C57H102N3O10S/c1-7-10-13-16-18-20-22-24-26-28-30-32-34-39-52(61)66-46-51(47-67-53(62)40-35-33-31-29-27-25-23-21-19-17-14-11-8-2)70-54(63)43-48(4)45-68-57(64)69-49(5)60(6)41-37-38-50(44-60)55-56(59-71-58-55)65-42-36-15-12-9-3/h38,48-49,51H,7-37,39-47H2,1-6H3/q+1. The third-order valence-corrected chi connectivity index (χ3v) is 14.3. The van der Waals surface area contributed by atoms with Crippen LogP contribution in [0.3, 0.4) is 0 Å². The van der Waals surface area contributed by atoms with Crippen LogP contribution in [0.25, 0.3) is 5.57 Å². The highest BCUT2D eigenvalue weighted by atomic mass is 32.1. The van der Waals surface area contributed by atoms with Gasteiger partial charge in [0.2, 0.25) is 6.23 Å². The zero-order valence-electron chi connectivity index (χ0n) is 45.9. The van der Waals surface area contributed by atoms with E-state index in [2.05, 4.69) is 35.6 Å². The molecule has 0 N–H and O–H groups in total. The van der Waals surface area contributed by atoms with Gasteiger partial charge >= 0.3 is 24.1 Å². The fourth-order valence-corrected chi connectivity index (χ4v) is 9.54. The molecule has 0 saturated carbocycles. The maximum absolute atomic E-state index is 13.2. The predicted molar refractivity (Wildman–Crippen MR) is 286 cm³/mol. The molecule has 3 atom stereocenters. The number of carbonyl (C=O) groups excluding carboxylic acids is 4. The van der Waals surface area contributed by atoms with Gasteiger partial charge in [-0.2, -0.15) is 4.37 Å². The summed E-state index contributed by atoms with van der Waals surface area (Å²) in [6.07, 6.45) is 37.3. The molecule has 14 heteroatoms. The number of hydrogen-bond acceptors (Lipinski definition) is 13. The highest BCUT2D eigenvalue weighted by Crippen LogP contribution is 2.32. The average molecular weight is 1020 g/mol. The number of quaternary nitrogens is 1. The van der Waals surface area contributed by atoms with E-state index in [9.17, 15) is 19.2 Å². The van der Waals surface area contributed by atoms with Crippen LogP contribution in [0.1, 0.15) is 259 Å². The van der Waals surface area contributed by atoms with Gasteiger partial charge in [-0.25, -0.2) is 4.79 Å². The lowest BCUT2D eigenvalue weighted by Crippen LogP contribution is -2.55. The molecule has 1 aliphatic rings. The maximum Gasteiger partial charge on any atom is 0.512 e. The van der Waals surface area contributed by atoms with Crippen LogP contribution < -0.4 is 4.74 Å². The van der Waals surface area contributed by atoms with Crippen molar-refractivity contribution in [3.63, 3.8) is 0 Å². The van der Waals surface area contributed by atoms with Gasteiger partial charge in [0.05, 0.1) is 45.0 Å². The number of unbranched alkanes of at least 4 members (excludes halogenated alkanes) is 27. The average Bonchev–Trinajstić information content (AvgIpc) is 3.83. The van der Waals surface area contributed by atoms with Gasteiger partial charge in [0.1, 0.15) is 25.5 Å². The van der Waals surface area contributed by atoms with E-state index in [0.717, 1.165) is 93.7 Å². The molecule has 410 valence electrons. The third-order valence-electron chi connectivity index (χ3n) is 13.8. The van der Waals surface area contributed by atoms with Crippen molar-refractivity contribution in [3.8, 4) is 5.88 Å². The van der Waals surface area contributed by atoms with Gasteiger partial charge < -0.3 is 28.4 Å². The zero-order valence-corrected chi connectivity index (χ0v) is 46.7. The Morgan fingerprint density at radius 2 is 1.01 bits per heavy atom. The lowest BCUT2D eigenvalue weighted by atomic mass is 10.0. The van der Waals surface area contributed by atoms with Crippen LogP contribution >= 0.6 is 11.7 Å². The minimum atomic E-state index is -0.950. The summed E-state index contributed by atoms with van der Waals surface area (Å²) in [5, 5.41) is 0. The second-order valence-corrected chi connectivity index (χ2v) is 21.3. The molecule has 0 aromatic carbocycles.